The van der Waals surface area contributed by atoms with Gasteiger partial charge in [-0.2, -0.15) is 0 Å². The molecule has 0 spiro atoms. The van der Waals surface area contributed by atoms with Crippen molar-refractivity contribution in [2.75, 3.05) is 19.8 Å². The van der Waals surface area contributed by atoms with Crippen LogP contribution in [0.2, 0.25) is 0 Å². The maximum Gasteiger partial charge on any atom is 0.250 e. The Labute approximate surface area is 105 Å². The summed E-state index contributed by atoms with van der Waals surface area (Å²) >= 11 is 1.22. The number of sulfonamides is 1. The second-order valence-corrected chi connectivity index (χ2v) is 7.17. The summed E-state index contributed by atoms with van der Waals surface area (Å²) < 4.78 is 32.0. The molecule has 1 aromatic heterocycles. The van der Waals surface area contributed by atoms with E-state index in [0.717, 1.165) is 17.9 Å². The Bertz CT molecular complexity index is 464. The number of rotatable bonds is 5. The Balaban J connectivity index is 1.97. The fourth-order valence-electron chi connectivity index (χ4n) is 1.66. The van der Waals surface area contributed by atoms with Crippen molar-refractivity contribution in [1.82, 2.24) is 4.72 Å². The van der Waals surface area contributed by atoms with Crippen LogP contribution < -0.4 is 10.5 Å². The van der Waals surface area contributed by atoms with E-state index >= 15 is 0 Å². The number of hydrogen-bond donors (Lipinski definition) is 2. The standard InChI is InChI=1S/C10H16N2O3S2/c11-5-9-1-2-10(16-9)17(13,14)12-6-8-3-4-15-7-8/h1-2,8,12H,3-7,11H2. The van der Waals surface area contributed by atoms with Crippen molar-refractivity contribution >= 4 is 21.4 Å². The zero-order chi connectivity index (χ0) is 12.3. The number of hydrogen-bond acceptors (Lipinski definition) is 5. The topological polar surface area (TPSA) is 81.4 Å². The lowest BCUT2D eigenvalue weighted by molar-refractivity contribution is 0.186. The molecule has 1 aromatic rings. The van der Waals surface area contributed by atoms with Crippen LogP contribution in [0.15, 0.2) is 16.3 Å². The van der Waals surface area contributed by atoms with Gasteiger partial charge in [-0.3, -0.25) is 0 Å². The molecular formula is C10H16N2O3S2. The van der Waals surface area contributed by atoms with Crippen molar-refractivity contribution in [3.63, 3.8) is 0 Å². The quantitative estimate of drug-likeness (QED) is 0.821. The lowest BCUT2D eigenvalue weighted by atomic mass is 10.1. The van der Waals surface area contributed by atoms with Gasteiger partial charge >= 0.3 is 0 Å². The maximum atomic E-state index is 11.9. The summed E-state index contributed by atoms with van der Waals surface area (Å²) in [4.78, 5) is 0.870. The molecule has 1 fully saturated rings. The first kappa shape index (κ1) is 13.0. The Kier molecular flexibility index (Phi) is 4.16. The third-order valence-corrected chi connectivity index (χ3v) is 5.71. The number of ether oxygens (including phenoxy) is 1. The van der Waals surface area contributed by atoms with Gasteiger partial charge in [0.05, 0.1) is 6.61 Å². The van der Waals surface area contributed by atoms with Crippen molar-refractivity contribution in [3.05, 3.63) is 17.0 Å². The molecule has 2 rings (SSSR count). The third-order valence-electron chi connectivity index (χ3n) is 2.69. The summed E-state index contributed by atoms with van der Waals surface area (Å²) in [6.07, 6.45) is 0.918. The summed E-state index contributed by atoms with van der Waals surface area (Å²) in [6, 6.07) is 3.35. The second-order valence-electron chi connectivity index (χ2n) is 4.01. The predicted molar refractivity (Wildman–Crippen MR) is 66.3 cm³/mol. The van der Waals surface area contributed by atoms with E-state index in [9.17, 15) is 8.42 Å². The van der Waals surface area contributed by atoms with Crippen molar-refractivity contribution in [3.8, 4) is 0 Å². The lowest BCUT2D eigenvalue weighted by Gasteiger charge is -2.08. The summed E-state index contributed by atoms with van der Waals surface area (Å²) in [6.45, 7) is 2.18. The van der Waals surface area contributed by atoms with E-state index in [1.807, 2.05) is 0 Å². The van der Waals surface area contributed by atoms with Gasteiger partial charge in [-0.15, -0.1) is 11.3 Å². The minimum absolute atomic E-state index is 0.290. The van der Waals surface area contributed by atoms with E-state index in [-0.39, 0.29) is 0 Å². The van der Waals surface area contributed by atoms with E-state index in [4.69, 9.17) is 10.5 Å². The van der Waals surface area contributed by atoms with Crippen molar-refractivity contribution in [2.45, 2.75) is 17.2 Å². The molecule has 0 radical (unpaired) electrons. The minimum Gasteiger partial charge on any atom is -0.381 e. The Morgan fingerprint density at radius 1 is 1.53 bits per heavy atom. The highest BCUT2D eigenvalue weighted by Gasteiger charge is 2.21. The molecule has 96 valence electrons. The Morgan fingerprint density at radius 3 is 2.94 bits per heavy atom. The van der Waals surface area contributed by atoms with Gasteiger partial charge in [0.25, 0.3) is 0 Å². The predicted octanol–water partition coefficient (Wildman–Crippen LogP) is 0.522. The summed E-state index contributed by atoms with van der Waals surface area (Å²) in [5.41, 5.74) is 5.46. The van der Waals surface area contributed by atoms with Gasteiger partial charge in [0.2, 0.25) is 10.0 Å². The Morgan fingerprint density at radius 2 is 2.35 bits per heavy atom. The van der Waals surface area contributed by atoms with E-state index in [0.29, 0.717) is 29.8 Å². The number of nitrogens with two attached hydrogens (primary N) is 1. The Hall–Kier alpha value is -0.470. The zero-order valence-corrected chi connectivity index (χ0v) is 11.0. The highest BCUT2D eigenvalue weighted by molar-refractivity contribution is 7.91. The molecule has 1 unspecified atom stereocenters. The van der Waals surface area contributed by atoms with E-state index < -0.39 is 10.0 Å². The zero-order valence-electron chi connectivity index (χ0n) is 9.39. The number of nitrogens with one attached hydrogen (secondary N) is 1. The van der Waals surface area contributed by atoms with Gasteiger partial charge in [-0.1, -0.05) is 0 Å². The van der Waals surface area contributed by atoms with E-state index in [1.54, 1.807) is 12.1 Å². The van der Waals surface area contributed by atoms with Crippen LogP contribution in [0.3, 0.4) is 0 Å². The number of thiophene rings is 1. The summed E-state index contributed by atoms with van der Waals surface area (Å²) in [5, 5.41) is 0. The average molecular weight is 276 g/mol. The first-order valence-corrected chi connectivity index (χ1v) is 7.78. The van der Waals surface area contributed by atoms with E-state index in [2.05, 4.69) is 4.72 Å². The molecular weight excluding hydrogens is 260 g/mol. The van der Waals surface area contributed by atoms with Crippen LogP contribution in [-0.4, -0.2) is 28.2 Å². The van der Waals surface area contributed by atoms with Crippen LogP contribution in [0.25, 0.3) is 0 Å². The molecule has 7 heteroatoms. The van der Waals surface area contributed by atoms with Crippen molar-refractivity contribution in [2.24, 2.45) is 11.7 Å². The molecule has 2 heterocycles. The van der Waals surface area contributed by atoms with Crippen molar-refractivity contribution in [1.29, 1.82) is 0 Å². The molecule has 1 aliphatic heterocycles. The molecule has 0 aliphatic carbocycles. The van der Waals surface area contributed by atoms with Gasteiger partial charge in [0.1, 0.15) is 4.21 Å². The fraction of sp³-hybridized carbons (Fsp3) is 0.600. The first-order chi connectivity index (χ1) is 8.12. The molecule has 3 N–H and O–H groups in total. The van der Waals surface area contributed by atoms with Gasteiger partial charge in [0.15, 0.2) is 0 Å². The van der Waals surface area contributed by atoms with Gasteiger partial charge < -0.3 is 10.5 Å². The first-order valence-electron chi connectivity index (χ1n) is 5.48. The normalized spacial score (nSPS) is 20.9. The van der Waals surface area contributed by atoms with Crippen LogP contribution in [0.5, 0.6) is 0 Å². The molecule has 1 aliphatic rings. The summed E-state index contributed by atoms with van der Waals surface area (Å²) in [5.74, 6) is 0.290. The molecule has 0 saturated carbocycles. The largest absolute Gasteiger partial charge is 0.381 e. The summed E-state index contributed by atoms with van der Waals surface area (Å²) in [7, 11) is -3.38. The molecule has 0 bridgehead atoms. The molecule has 0 amide bonds. The van der Waals surface area contributed by atoms with Crippen LogP contribution in [0.4, 0.5) is 0 Å². The molecule has 0 aromatic carbocycles. The second kappa shape index (κ2) is 5.45. The van der Waals surface area contributed by atoms with Crippen LogP contribution in [0, 0.1) is 5.92 Å². The van der Waals surface area contributed by atoms with Gasteiger partial charge in [-0.05, 0) is 24.5 Å². The fourth-order valence-corrected chi connectivity index (χ4v) is 4.05. The van der Waals surface area contributed by atoms with Crippen LogP contribution in [0.1, 0.15) is 11.3 Å². The maximum absolute atomic E-state index is 11.9. The minimum atomic E-state index is -3.38. The highest BCUT2D eigenvalue weighted by atomic mass is 32.2. The van der Waals surface area contributed by atoms with Gasteiger partial charge in [0, 0.05) is 24.6 Å². The molecule has 1 atom stereocenters. The SMILES string of the molecule is NCc1ccc(S(=O)(=O)NCC2CCOC2)s1. The monoisotopic (exact) mass is 276 g/mol. The smallest absolute Gasteiger partial charge is 0.250 e. The van der Waals surface area contributed by atoms with Crippen LogP contribution >= 0.6 is 11.3 Å². The van der Waals surface area contributed by atoms with Crippen LogP contribution in [-0.2, 0) is 21.3 Å². The highest BCUT2D eigenvalue weighted by Crippen LogP contribution is 2.21. The molecule has 17 heavy (non-hydrogen) atoms. The third kappa shape index (κ3) is 3.26. The molecule has 5 nitrogen and oxygen atoms in total. The average Bonchev–Trinajstić information content (AvgIpc) is 2.98. The van der Waals surface area contributed by atoms with Crippen molar-refractivity contribution < 1.29 is 13.2 Å². The lowest BCUT2D eigenvalue weighted by Crippen LogP contribution is -2.29. The van der Waals surface area contributed by atoms with Gasteiger partial charge in [-0.25, -0.2) is 13.1 Å². The molecule has 1 saturated heterocycles. The van der Waals surface area contributed by atoms with E-state index in [1.165, 1.54) is 11.3 Å².